The molecule has 3 amide bonds. The second kappa shape index (κ2) is 8.51. The number of fused-ring (bicyclic) bond motifs is 2. The average molecular weight is 453 g/mol. The lowest BCUT2D eigenvalue weighted by Crippen LogP contribution is -2.42. The molecule has 0 bridgehead atoms. The number of furan rings is 1. The molecule has 3 aromatic carbocycles. The van der Waals surface area contributed by atoms with Crippen LogP contribution in [-0.4, -0.2) is 24.3 Å². The Morgan fingerprint density at radius 1 is 1.03 bits per heavy atom. The van der Waals surface area contributed by atoms with Crippen LogP contribution in [0.2, 0.25) is 0 Å². The van der Waals surface area contributed by atoms with Crippen molar-refractivity contribution in [2.24, 2.45) is 0 Å². The highest BCUT2D eigenvalue weighted by molar-refractivity contribution is 6.15. The van der Waals surface area contributed by atoms with E-state index in [1.165, 1.54) is 4.90 Å². The maximum atomic E-state index is 13.1. The number of para-hydroxylation sites is 2. The first-order valence-corrected chi connectivity index (χ1v) is 11.0. The summed E-state index contributed by atoms with van der Waals surface area (Å²) < 4.78 is 5.69. The van der Waals surface area contributed by atoms with Crippen LogP contribution in [0.15, 0.2) is 71.3 Å². The van der Waals surface area contributed by atoms with Crippen LogP contribution in [0.3, 0.4) is 0 Å². The van der Waals surface area contributed by atoms with E-state index < -0.39 is 0 Å². The van der Waals surface area contributed by atoms with Crippen LogP contribution in [0.25, 0.3) is 11.0 Å². The van der Waals surface area contributed by atoms with Gasteiger partial charge < -0.3 is 15.1 Å². The molecule has 2 heterocycles. The smallest absolute Gasteiger partial charge is 0.258 e. The Balaban J connectivity index is 1.29. The van der Waals surface area contributed by atoms with Crippen LogP contribution < -0.4 is 15.5 Å². The fourth-order valence-electron chi connectivity index (χ4n) is 4.17. The largest absolute Gasteiger partial charge is 0.464 e. The minimum absolute atomic E-state index is 0.0496. The second-order valence-corrected chi connectivity index (χ2v) is 8.40. The number of anilines is 3. The molecular formula is C27H23N3O4. The third-order valence-electron chi connectivity index (χ3n) is 6.12. The maximum absolute atomic E-state index is 13.1. The molecule has 0 saturated heterocycles. The summed E-state index contributed by atoms with van der Waals surface area (Å²) in [5.74, 6) is -0.703. The Morgan fingerprint density at radius 3 is 2.59 bits per heavy atom. The zero-order valence-electron chi connectivity index (χ0n) is 18.8. The predicted octanol–water partition coefficient (Wildman–Crippen LogP) is 4.83. The van der Waals surface area contributed by atoms with Crippen molar-refractivity contribution in [3.63, 3.8) is 0 Å². The number of amides is 3. The SMILES string of the molecule is Cc1ccc2c(CC(=O)Nc3ccc(C(=O)N4CC(=O)Nc5ccccc54)cc3)coc2c1C. The van der Waals surface area contributed by atoms with Gasteiger partial charge in [0.25, 0.3) is 5.91 Å². The van der Waals surface area contributed by atoms with E-state index in [0.29, 0.717) is 22.6 Å². The Kier molecular flexibility index (Phi) is 5.37. The second-order valence-electron chi connectivity index (χ2n) is 8.40. The molecule has 0 spiro atoms. The number of hydrogen-bond donors (Lipinski definition) is 2. The minimum atomic E-state index is -0.282. The molecule has 1 aliphatic rings. The molecule has 0 aliphatic carbocycles. The van der Waals surface area contributed by atoms with Gasteiger partial charge in [-0.15, -0.1) is 0 Å². The Labute approximate surface area is 196 Å². The summed E-state index contributed by atoms with van der Waals surface area (Å²) in [5, 5.41) is 6.58. The van der Waals surface area contributed by atoms with E-state index in [0.717, 1.165) is 27.7 Å². The van der Waals surface area contributed by atoms with Gasteiger partial charge in [-0.25, -0.2) is 0 Å². The first-order valence-electron chi connectivity index (χ1n) is 11.0. The van der Waals surface area contributed by atoms with E-state index in [-0.39, 0.29) is 30.7 Å². The van der Waals surface area contributed by atoms with Gasteiger partial charge in [-0.2, -0.15) is 0 Å². The Morgan fingerprint density at radius 2 is 1.79 bits per heavy atom. The van der Waals surface area contributed by atoms with Gasteiger partial charge in [0.2, 0.25) is 11.8 Å². The van der Waals surface area contributed by atoms with Gasteiger partial charge in [-0.3, -0.25) is 19.3 Å². The molecule has 0 unspecified atom stereocenters. The molecule has 0 radical (unpaired) electrons. The molecule has 170 valence electrons. The summed E-state index contributed by atoms with van der Waals surface area (Å²) in [7, 11) is 0. The van der Waals surface area contributed by atoms with Crippen molar-refractivity contribution in [2.45, 2.75) is 20.3 Å². The van der Waals surface area contributed by atoms with Crippen LogP contribution in [0, 0.1) is 13.8 Å². The molecule has 7 heteroatoms. The fourth-order valence-corrected chi connectivity index (χ4v) is 4.17. The third-order valence-corrected chi connectivity index (χ3v) is 6.12. The highest BCUT2D eigenvalue weighted by Crippen LogP contribution is 2.30. The molecule has 34 heavy (non-hydrogen) atoms. The van der Waals surface area contributed by atoms with E-state index >= 15 is 0 Å². The number of rotatable bonds is 4. The lowest BCUT2D eigenvalue weighted by molar-refractivity contribution is -0.116. The quantitative estimate of drug-likeness (QED) is 0.463. The van der Waals surface area contributed by atoms with Gasteiger partial charge in [0.05, 0.1) is 24.1 Å². The molecule has 1 aliphatic heterocycles. The number of carbonyl (C=O) groups excluding carboxylic acids is 3. The predicted molar refractivity (Wildman–Crippen MR) is 131 cm³/mol. The topological polar surface area (TPSA) is 91.7 Å². The molecular weight excluding hydrogens is 430 g/mol. The van der Waals surface area contributed by atoms with E-state index in [4.69, 9.17) is 4.42 Å². The molecule has 0 atom stereocenters. The number of carbonyl (C=O) groups is 3. The van der Waals surface area contributed by atoms with E-state index in [9.17, 15) is 14.4 Å². The molecule has 4 aromatic rings. The third kappa shape index (κ3) is 3.92. The number of hydrogen-bond acceptors (Lipinski definition) is 4. The lowest BCUT2D eigenvalue weighted by Gasteiger charge is -2.29. The monoisotopic (exact) mass is 453 g/mol. The van der Waals surface area contributed by atoms with Crippen LogP contribution in [0.1, 0.15) is 27.0 Å². The number of nitrogens with one attached hydrogen (secondary N) is 2. The van der Waals surface area contributed by atoms with Gasteiger partial charge in [0, 0.05) is 22.2 Å². The maximum Gasteiger partial charge on any atom is 0.258 e. The summed E-state index contributed by atoms with van der Waals surface area (Å²) in [6.45, 7) is 3.98. The summed E-state index contributed by atoms with van der Waals surface area (Å²) in [6, 6.07) is 17.8. The highest BCUT2D eigenvalue weighted by atomic mass is 16.3. The van der Waals surface area contributed by atoms with Crippen molar-refractivity contribution in [1.82, 2.24) is 0 Å². The van der Waals surface area contributed by atoms with Gasteiger partial charge in [0.15, 0.2) is 0 Å². The van der Waals surface area contributed by atoms with Crippen LogP contribution in [0.4, 0.5) is 17.1 Å². The van der Waals surface area contributed by atoms with E-state index in [2.05, 4.69) is 10.6 Å². The summed E-state index contributed by atoms with van der Waals surface area (Å²) in [6.07, 6.45) is 1.81. The fraction of sp³-hybridized carbons (Fsp3) is 0.148. The van der Waals surface area contributed by atoms with Gasteiger partial charge in [-0.1, -0.05) is 24.3 Å². The van der Waals surface area contributed by atoms with Crippen LogP contribution in [-0.2, 0) is 16.0 Å². The molecule has 2 N–H and O–H groups in total. The number of benzene rings is 3. The van der Waals surface area contributed by atoms with Gasteiger partial charge in [-0.05, 0) is 61.4 Å². The molecule has 7 nitrogen and oxygen atoms in total. The van der Waals surface area contributed by atoms with Crippen molar-refractivity contribution in [1.29, 1.82) is 0 Å². The van der Waals surface area contributed by atoms with Crippen molar-refractivity contribution >= 4 is 45.8 Å². The molecule has 0 saturated carbocycles. The van der Waals surface area contributed by atoms with Crippen LogP contribution >= 0.6 is 0 Å². The Bertz CT molecular complexity index is 1440. The molecule has 0 fully saturated rings. The summed E-state index contributed by atoms with van der Waals surface area (Å²) in [4.78, 5) is 39.2. The molecule has 5 rings (SSSR count). The van der Waals surface area contributed by atoms with Crippen LogP contribution in [0.5, 0.6) is 0 Å². The molecule has 1 aromatic heterocycles. The van der Waals surface area contributed by atoms with Crippen molar-refractivity contribution in [3.8, 4) is 0 Å². The number of aryl methyl sites for hydroxylation is 2. The standard InChI is InChI=1S/C27H23N3O4/c1-16-7-12-21-19(15-34-26(21)17(16)2)13-24(31)28-20-10-8-18(9-11-20)27(33)30-14-25(32)29-22-5-3-4-6-23(22)30/h3-12,15H,13-14H2,1-2H3,(H,28,31)(H,29,32). The van der Waals surface area contributed by atoms with E-state index in [1.807, 2.05) is 32.0 Å². The summed E-state index contributed by atoms with van der Waals surface area (Å²) in [5.41, 5.74) is 6.10. The normalized spacial score (nSPS) is 12.9. The first-order chi connectivity index (χ1) is 16.4. The minimum Gasteiger partial charge on any atom is -0.464 e. The number of nitrogens with zero attached hydrogens (tertiary/aromatic N) is 1. The Hall–Kier alpha value is -4.39. The highest BCUT2D eigenvalue weighted by Gasteiger charge is 2.27. The average Bonchev–Trinajstić information content (AvgIpc) is 3.24. The van der Waals surface area contributed by atoms with Crippen molar-refractivity contribution in [2.75, 3.05) is 22.1 Å². The summed E-state index contributed by atoms with van der Waals surface area (Å²) >= 11 is 0. The van der Waals surface area contributed by atoms with Crippen molar-refractivity contribution < 1.29 is 18.8 Å². The van der Waals surface area contributed by atoms with E-state index in [1.54, 1.807) is 48.7 Å². The first kappa shape index (κ1) is 21.5. The van der Waals surface area contributed by atoms with Gasteiger partial charge >= 0.3 is 0 Å². The van der Waals surface area contributed by atoms with Crippen molar-refractivity contribution in [3.05, 3.63) is 89.2 Å². The lowest BCUT2D eigenvalue weighted by atomic mass is 10.0. The zero-order chi connectivity index (χ0) is 23.8. The zero-order valence-corrected chi connectivity index (χ0v) is 18.8. The van der Waals surface area contributed by atoms with Gasteiger partial charge in [0.1, 0.15) is 12.1 Å².